The second kappa shape index (κ2) is 8.50. The van der Waals surface area contributed by atoms with Gasteiger partial charge < -0.3 is 4.57 Å². The van der Waals surface area contributed by atoms with E-state index in [9.17, 15) is 4.79 Å². The van der Waals surface area contributed by atoms with Crippen molar-refractivity contribution >= 4 is 38.8 Å². The molecule has 0 saturated heterocycles. The molecule has 0 aliphatic carbocycles. The van der Waals surface area contributed by atoms with Gasteiger partial charge >= 0.3 is 0 Å². The summed E-state index contributed by atoms with van der Waals surface area (Å²) in [5.41, 5.74) is 6.19. The van der Waals surface area contributed by atoms with Gasteiger partial charge in [-0.15, -0.1) is 0 Å². The molecule has 0 unspecified atom stereocenters. The van der Waals surface area contributed by atoms with Crippen molar-refractivity contribution in [3.63, 3.8) is 0 Å². The molecule has 5 rings (SSSR count). The summed E-state index contributed by atoms with van der Waals surface area (Å²) >= 11 is 3.56. The highest BCUT2D eigenvalue weighted by atomic mass is 79.9. The molecule has 1 aliphatic rings. The van der Waals surface area contributed by atoms with Gasteiger partial charge in [-0.25, -0.2) is 4.98 Å². The second-order valence-electron chi connectivity index (χ2n) is 8.35. The van der Waals surface area contributed by atoms with Gasteiger partial charge in [-0.1, -0.05) is 28.8 Å². The first-order chi connectivity index (χ1) is 15.5. The first kappa shape index (κ1) is 20.9. The Bertz CT molecular complexity index is 1320. The molecular formula is C24H25BrN6O. The van der Waals surface area contributed by atoms with E-state index in [1.165, 1.54) is 0 Å². The predicted octanol–water partition coefficient (Wildman–Crippen LogP) is 5.27. The number of aryl methyl sites for hydroxylation is 3. The van der Waals surface area contributed by atoms with Crippen molar-refractivity contribution in [1.82, 2.24) is 24.3 Å². The van der Waals surface area contributed by atoms with Crippen LogP contribution < -0.4 is 5.32 Å². The highest BCUT2D eigenvalue weighted by Crippen LogP contribution is 2.28. The Hall–Kier alpha value is -3.00. The molecule has 1 aliphatic heterocycles. The van der Waals surface area contributed by atoms with Gasteiger partial charge in [0.25, 0.3) is 5.91 Å². The predicted molar refractivity (Wildman–Crippen MR) is 129 cm³/mol. The smallest absolute Gasteiger partial charge is 0.258 e. The summed E-state index contributed by atoms with van der Waals surface area (Å²) < 4.78 is 5.04. The van der Waals surface area contributed by atoms with Crippen LogP contribution in [0.2, 0.25) is 0 Å². The number of nitrogens with zero attached hydrogens (tertiary/aromatic N) is 5. The Kier molecular flexibility index (Phi) is 5.55. The maximum Gasteiger partial charge on any atom is 0.258 e. The third kappa shape index (κ3) is 3.95. The van der Waals surface area contributed by atoms with Gasteiger partial charge in [0, 0.05) is 40.6 Å². The molecule has 164 valence electrons. The number of aromatic nitrogens is 5. The summed E-state index contributed by atoms with van der Waals surface area (Å²) in [5.74, 6) is 0.392. The van der Waals surface area contributed by atoms with Crippen LogP contribution in [0.25, 0.3) is 22.3 Å². The fraction of sp³-hybridized carbons (Fsp3) is 0.333. The number of nitrogens with one attached hydrogen (secondary N) is 1. The Labute approximate surface area is 195 Å². The lowest BCUT2D eigenvalue weighted by Crippen LogP contribution is -2.17. The summed E-state index contributed by atoms with van der Waals surface area (Å²) in [6.07, 6.45) is 7.15. The van der Waals surface area contributed by atoms with Crippen molar-refractivity contribution in [3.05, 3.63) is 58.0 Å². The zero-order chi connectivity index (χ0) is 22.2. The molecular weight excluding hydrogens is 468 g/mol. The van der Waals surface area contributed by atoms with Crippen LogP contribution in [0.1, 0.15) is 47.4 Å². The monoisotopic (exact) mass is 492 g/mol. The summed E-state index contributed by atoms with van der Waals surface area (Å²) in [5, 5.41) is 7.52. The molecule has 0 atom stereocenters. The number of benzene rings is 1. The molecule has 0 radical (unpaired) electrons. The molecule has 0 spiro atoms. The number of carbonyl (C=O) groups is 1. The lowest BCUT2D eigenvalue weighted by molar-refractivity contribution is 0.102. The minimum atomic E-state index is -0.187. The van der Waals surface area contributed by atoms with Crippen LogP contribution in [0.15, 0.2) is 41.0 Å². The van der Waals surface area contributed by atoms with Crippen LogP contribution in [-0.2, 0) is 20.0 Å². The van der Waals surface area contributed by atoms with Gasteiger partial charge in [-0.2, -0.15) is 5.10 Å². The number of imidazole rings is 1. The number of halogens is 1. The number of pyridine rings is 1. The number of hydrogen-bond donors (Lipinski definition) is 1. The molecule has 1 N–H and O–H groups in total. The molecule has 2 bridgehead atoms. The highest BCUT2D eigenvalue weighted by molar-refractivity contribution is 9.10. The van der Waals surface area contributed by atoms with Crippen LogP contribution in [0, 0.1) is 6.92 Å². The van der Waals surface area contributed by atoms with E-state index in [2.05, 4.69) is 37.0 Å². The van der Waals surface area contributed by atoms with Gasteiger partial charge in [0.15, 0.2) is 0 Å². The Morgan fingerprint density at radius 2 is 1.91 bits per heavy atom. The number of fused-ring (bicyclic) bond motifs is 7. The SMILES string of the molecule is Cc1cc2cc(n1)-c1cnn(C)c1CCCCCCn1c(nc3ccc(Br)cc31)NC2=O. The van der Waals surface area contributed by atoms with E-state index >= 15 is 0 Å². The van der Waals surface area contributed by atoms with E-state index in [0.29, 0.717) is 11.5 Å². The Morgan fingerprint density at radius 1 is 1.06 bits per heavy atom. The topological polar surface area (TPSA) is 77.6 Å². The molecule has 3 aromatic heterocycles. The lowest BCUT2D eigenvalue weighted by Gasteiger charge is -2.11. The number of amides is 1. The molecule has 8 heteroatoms. The first-order valence-electron chi connectivity index (χ1n) is 11.0. The van der Waals surface area contributed by atoms with Crippen molar-refractivity contribution in [2.75, 3.05) is 5.32 Å². The van der Waals surface area contributed by atoms with E-state index in [1.807, 2.05) is 49.1 Å². The van der Waals surface area contributed by atoms with Gasteiger partial charge in [0.05, 0.1) is 22.9 Å². The highest BCUT2D eigenvalue weighted by Gasteiger charge is 2.19. The first-order valence-corrected chi connectivity index (χ1v) is 11.8. The molecule has 0 saturated carbocycles. The molecule has 0 fully saturated rings. The molecule has 1 aromatic carbocycles. The van der Waals surface area contributed by atoms with Gasteiger partial charge in [0.1, 0.15) is 0 Å². The van der Waals surface area contributed by atoms with Crippen LogP contribution >= 0.6 is 15.9 Å². The van der Waals surface area contributed by atoms with Crippen molar-refractivity contribution < 1.29 is 4.79 Å². The number of anilines is 1. The summed E-state index contributed by atoms with van der Waals surface area (Å²) in [6, 6.07) is 9.68. The minimum absolute atomic E-state index is 0.187. The molecule has 1 amide bonds. The largest absolute Gasteiger partial charge is 0.310 e. The van der Waals surface area contributed by atoms with Crippen molar-refractivity contribution in [2.24, 2.45) is 7.05 Å². The molecule has 4 aromatic rings. The quantitative estimate of drug-likeness (QED) is 0.362. The number of carbonyl (C=O) groups excluding carboxylic acids is 1. The average molecular weight is 493 g/mol. The molecule has 32 heavy (non-hydrogen) atoms. The van der Waals surface area contributed by atoms with Crippen molar-refractivity contribution in [3.8, 4) is 11.3 Å². The standard InChI is InChI=1S/C24H25BrN6O/c1-15-11-16-12-20(27-15)18-14-26-30(2)21(18)7-5-3-4-6-10-31-22-13-17(25)8-9-19(22)28-24(31)29-23(16)32/h8-9,11-14H,3-7,10H2,1-2H3,(H,28,29,32). The lowest BCUT2D eigenvalue weighted by atomic mass is 10.0. The third-order valence-electron chi connectivity index (χ3n) is 6.03. The third-order valence-corrected chi connectivity index (χ3v) is 6.53. The van der Waals surface area contributed by atoms with Crippen LogP contribution in [-0.4, -0.2) is 30.2 Å². The zero-order valence-corrected chi connectivity index (χ0v) is 19.8. The maximum atomic E-state index is 13.3. The van der Waals surface area contributed by atoms with Crippen LogP contribution in [0.5, 0.6) is 0 Å². The second-order valence-corrected chi connectivity index (χ2v) is 9.27. The molecule has 7 nitrogen and oxygen atoms in total. The normalized spacial score (nSPS) is 14.9. The van der Waals surface area contributed by atoms with E-state index in [0.717, 1.165) is 76.8 Å². The van der Waals surface area contributed by atoms with Crippen molar-refractivity contribution in [2.45, 2.75) is 45.6 Å². The zero-order valence-electron chi connectivity index (χ0n) is 18.2. The van der Waals surface area contributed by atoms with E-state index < -0.39 is 0 Å². The summed E-state index contributed by atoms with van der Waals surface area (Å²) in [6.45, 7) is 2.72. The fourth-order valence-electron chi connectivity index (χ4n) is 4.42. The van der Waals surface area contributed by atoms with Crippen LogP contribution in [0.3, 0.4) is 0 Å². The number of rotatable bonds is 0. The fourth-order valence-corrected chi connectivity index (χ4v) is 4.77. The van der Waals surface area contributed by atoms with Crippen LogP contribution in [0.4, 0.5) is 5.95 Å². The Morgan fingerprint density at radius 3 is 2.78 bits per heavy atom. The maximum absolute atomic E-state index is 13.3. The van der Waals surface area contributed by atoms with Gasteiger partial charge in [0.2, 0.25) is 5.95 Å². The average Bonchev–Trinajstić information content (AvgIpc) is 3.29. The van der Waals surface area contributed by atoms with E-state index in [-0.39, 0.29) is 5.91 Å². The molecule has 4 heterocycles. The Balaban J connectivity index is 1.60. The van der Waals surface area contributed by atoms with E-state index in [1.54, 1.807) is 0 Å². The summed E-state index contributed by atoms with van der Waals surface area (Å²) in [7, 11) is 1.97. The van der Waals surface area contributed by atoms with E-state index in [4.69, 9.17) is 9.97 Å². The van der Waals surface area contributed by atoms with Crippen molar-refractivity contribution in [1.29, 1.82) is 0 Å². The van der Waals surface area contributed by atoms with Gasteiger partial charge in [-0.3, -0.25) is 19.8 Å². The minimum Gasteiger partial charge on any atom is -0.310 e. The van der Waals surface area contributed by atoms with Gasteiger partial charge in [-0.05, 0) is 56.5 Å². The summed E-state index contributed by atoms with van der Waals surface area (Å²) in [4.78, 5) is 22.7. The number of hydrogen-bond acceptors (Lipinski definition) is 4.